The van der Waals surface area contributed by atoms with Crippen molar-refractivity contribution in [3.05, 3.63) is 52.8 Å². The first-order chi connectivity index (χ1) is 15.3. The molecule has 1 saturated carbocycles. The van der Waals surface area contributed by atoms with Gasteiger partial charge in [0.2, 0.25) is 5.91 Å². The van der Waals surface area contributed by atoms with Crippen molar-refractivity contribution in [1.29, 1.82) is 0 Å². The van der Waals surface area contributed by atoms with Gasteiger partial charge >= 0.3 is 0 Å². The van der Waals surface area contributed by atoms with E-state index in [4.69, 9.17) is 0 Å². The molecule has 1 aliphatic carbocycles. The van der Waals surface area contributed by atoms with Crippen LogP contribution < -0.4 is 10.6 Å². The van der Waals surface area contributed by atoms with E-state index in [2.05, 4.69) is 15.7 Å². The number of aromatic nitrogens is 2. The maximum Gasteiger partial charge on any atom is 0.272 e. The van der Waals surface area contributed by atoms with Crippen LogP contribution in [0.4, 0.5) is 0 Å². The molecule has 0 saturated heterocycles. The van der Waals surface area contributed by atoms with Crippen molar-refractivity contribution in [2.45, 2.75) is 70.6 Å². The van der Waals surface area contributed by atoms with Crippen LogP contribution in [0.15, 0.2) is 30.3 Å². The van der Waals surface area contributed by atoms with Crippen molar-refractivity contribution in [3.63, 3.8) is 0 Å². The van der Waals surface area contributed by atoms with Crippen LogP contribution in [0.5, 0.6) is 0 Å². The standard InChI is InChI=1S/C24H31N5O3/c1-16-8-7-9-17(12-16)14-25-21(30)19-13-20-22(31)28(3)24(2,15-29(20)27-19)23(32)26-18-10-5-4-6-11-18/h7-9,12-13,18H,4-6,10-11,14-15H2,1-3H3,(H,25,30)(H,26,32)/t24-/m1/s1. The van der Waals surface area contributed by atoms with Gasteiger partial charge in [-0.15, -0.1) is 0 Å². The van der Waals surface area contributed by atoms with Crippen molar-refractivity contribution in [2.75, 3.05) is 7.05 Å². The van der Waals surface area contributed by atoms with Gasteiger partial charge in [0, 0.05) is 25.7 Å². The van der Waals surface area contributed by atoms with Gasteiger partial charge in [-0.25, -0.2) is 0 Å². The highest BCUT2D eigenvalue weighted by Crippen LogP contribution is 2.27. The minimum absolute atomic E-state index is 0.151. The lowest BCUT2D eigenvalue weighted by molar-refractivity contribution is -0.133. The van der Waals surface area contributed by atoms with Crippen LogP contribution in [0.2, 0.25) is 0 Å². The van der Waals surface area contributed by atoms with Gasteiger partial charge in [0.1, 0.15) is 11.2 Å². The van der Waals surface area contributed by atoms with Crippen LogP contribution in [-0.2, 0) is 17.9 Å². The number of hydrogen-bond donors (Lipinski definition) is 2. The van der Waals surface area contributed by atoms with E-state index in [9.17, 15) is 14.4 Å². The Labute approximate surface area is 188 Å². The highest BCUT2D eigenvalue weighted by atomic mass is 16.2. The number of amides is 3. The van der Waals surface area contributed by atoms with E-state index in [0.717, 1.165) is 36.8 Å². The first-order valence-electron chi connectivity index (χ1n) is 11.3. The fourth-order valence-electron chi connectivity index (χ4n) is 4.52. The number of hydrogen-bond acceptors (Lipinski definition) is 4. The lowest BCUT2D eigenvalue weighted by Crippen LogP contribution is -2.63. The second-order valence-corrected chi connectivity index (χ2v) is 9.19. The summed E-state index contributed by atoms with van der Waals surface area (Å²) in [5, 5.41) is 10.4. The Bertz CT molecular complexity index is 1040. The second kappa shape index (κ2) is 8.76. The quantitative estimate of drug-likeness (QED) is 0.751. The molecule has 8 heteroatoms. The molecule has 1 atom stereocenters. The summed E-state index contributed by atoms with van der Waals surface area (Å²) in [5.74, 6) is -0.841. The van der Waals surface area contributed by atoms with Crippen molar-refractivity contribution in [1.82, 2.24) is 25.3 Å². The summed E-state index contributed by atoms with van der Waals surface area (Å²) in [5.41, 5.74) is 1.53. The van der Waals surface area contributed by atoms with Crippen molar-refractivity contribution in [3.8, 4) is 0 Å². The molecule has 0 unspecified atom stereocenters. The van der Waals surface area contributed by atoms with E-state index in [-0.39, 0.29) is 36.0 Å². The van der Waals surface area contributed by atoms with Gasteiger partial charge in [-0.2, -0.15) is 5.10 Å². The minimum atomic E-state index is -1.07. The number of nitrogens with zero attached hydrogens (tertiary/aromatic N) is 3. The molecule has 32 heavy (non-hydrogen) atoms. The molecule has 2 aromatic rings. The average Bonchev–Trinajstić information content (AvgIpc) is 3.20. The summed E-state index contributed by atoms with van der Waals surface area (Å²) in [7, 11) is 1.64. The van der Waals surface area contributed by atoms with Crippen molar-refractivity contribution in [2.24, 2.45) is 0 Å². The van der Waals surface area contributed by atoms with Crippen LogP contribution >= 0.6 is 0 Å². The molecule has 2 aliphatic rings. The largest absolute Gasteiger partial charge is 0.351 e. The monoisotopic (exact) mass is 437 g/mol. The molecule has 1 fully saturated rings. The summed E-state index contributed by atoms with van der Waals surface area (Å²) in [6, 6.07) is 9.55. The molecule has 0 spiro atoms. The topological polar surface area (TPSA) is 96.3 Å². The summed E-state index contributed by atoms with van der Waals surface area (Å²) < 4.78 is 1.49. The number of nitrogens with one attached hydrogen (secondary N) is 2. The Hall–Kier alpha value is -3.16. The van der Waals surface area contributed by atoms with Gasteiger partial charge in [-0.1, -0.05) is 49.1 Å². The Morgan fingerprint density at radius 3 is 2.66 bits per heavy atom. The Morgan fingerprint density at radius 2 is 1.94 bits per heavy atom. The van der Waals surface area contributed by atoms with Gasteiger partial charge in [0.05, 0.1) is 6.54 Å². The SMILES string of the molecule is Cc1cccc(CNC(=O)c2cc3n(n2)C[C@](C)(C(=O)NC2CCCCC2)N(C)C3=O)c1. The third kappa shape index (κ3) is 4.26. The zero-order valence-electron chi connectivity index (χ0n) is 19.0. The predicted octanol–water partition coefficient (Wildman–Crippen LogP) is 2.41. The van der Waals surface area contributed by atoms with Crippen LogP contribution in [0.25, 0.3) is 0 Å². The number of aryl methyl sites for hydroxylation is 1. The molecule has 1 aromatic carbocycles. The van der Waals surface area contributed by atoms with Crippen LogP contribution in [0.3, 0.4) is 0 Å². The van der Waals surface area contributed by atoms with Crippen molar-refractivity contribution >= 4 is 17.7 Å². The summed E-state index contributed by atoms with van der Waals surface area (Å²) in [6.07, 6.45) is 5.37. The van der Waals surface area contributed by atoms with Crippen molar-refractivity contribution < 1.29 is 14.4 Å². The maximum absolute atomic E-state index is 13.2. The van der Waals surface area contributed by atoms with E-state index in [1.807, 2.05) is 31.2 Å². The fourth-order valence-corrected chi connectivity index (χ4v) is 4.52. The Morgan fingerprint density at radius 1 is 1.19 bits per heavy atom. The van der Waals surface area contributed by atoms with Crippen LogP contribution in [0.1, 0.15) is 71.1 Å². The number of fused-ring (bicyclic) bond motifs is 1. The first kappa shape index (κ1) is 22.0. The molecule has 170 valence electrons. The summed E-state index contributed by atoms with van der Waals surface area (Å²) in [6.45, 7) is 4.33. The van der Waals surface area contributed by atoms with Gasteiger partial charge in [0.15, 0.2) is 5.69 Å². The van der Waals surface area contributed by atoms with Crippen LogP contribution in [0, 0.1) is 6.92 Å². The molecule has 1 aromatic heterocycles. The Balaban J connectivity index is 1.48. The van der Waals surface area contributed by atoms with Crippen LogP contribution in [-0.4, -0.2) is 51.0 Å². The third-order valence-electron chi connectivity index (χ3n) is 6.70. The summed E-state index contributed by atoms with van der Waals surface area (Å²) in [4.78, 5) is 40.3. The third-order valence-corrected chi connectivity index (χ3v) is 6.70. The highest BCUT2D eigenvalue weighted by Gasteiger charge is 2.46. The molecule has 0 radical (unpaired) electrons. The highest BCUT2D eigenvalue weighted by molar-refractivity contribution is 6.01. The molecule has 4 rings (SSSR count). The second-order valence-electron chi connectivity index (χ2n) is 9.19. The molecule has 2 N–H and O–H groups in total. The smallest absolute Gasteiger partial charge is 0.272 e. The molecule has 3 amide bonds. The van der Waals surface area contributed by atoms with Gasteiger partial charge in [-0.05, 0) is 32.3 Å². The molecule has 8 nitrogen and oxygen atoms in total. The van der Waals surface area contributed by atoms with E-state index in [1.54, 1.807) is 14.0 Å². The molecule has 0 bridgehead atoms. The van der Waals surface area contributed by atoms with E-state index in [0.29, 0.717) is 12.2 Å². The number of rotatable bonds is 5. The zero-order chi connectivity index (χ0) is 22.9. The lowest BCUT2D eigenvalue weighted by atomic mass is 9.92. The Kier molecular flexibility index (Phi) is 6.04. The number of likely N-dealkylation sites (N-methyl/N-ethyl adjacent to an activating group) is 1. The molecule has 2 heterocycles. The number of carbonyl (C=O) groups is 3. The molecular formula is C24H31N5O3. The van der Waals surface area contributed by atoms with Gasteiger partial charge in [0.25, 0.3) is 11.8 Å². The normalized spacial score (nSPS) is 21.2. The maximum atomic E-state index is 13.2. The van der Waals surface area contributed by atoms with E-state index in [1.165, 1.54) is 22.1 Å². The van der Waals surface area contributed by atoms with E-state index >= 15 is 0 Å². The van der Waals surface area contributed by atoms with Gasteiger partial charge < -0.3 is 15.5 Å². The van der Waals surface area contributed by atoms with Gasteiger partial charge in [-0.3, -0.25) is 19.1 Å². The number of carbonyl (C=O) groups excluding carboxylic acids is 3. The van der Waals surface area contributed by atoms with E-state index < -0.39 is 5.54 Å². The predicted molar refractivity (Wildman–Crippen MR) is 120 cm³/mol. The number of benzene rings is 1. The molecule has 1 aliphatic heterocycles. The minimum Gasteiger partial charge on any atom is -0.351 e. The zero-order valence-corrected chi connectivity index (χ0v) is 19.0. The fraction of sp³-hybridized carbons (Fsp3) is 0.500. The lowest BCUT2D eigenvalue weighted by Gasteiger charge is -2.41. The first-order valence-corrected chi connectivity index (χ1v) is 11.3. The average molecular weight is 438 g/mol. The molecular weight excluding hydrogens is 406 g/mol. The summed E-state index contributed by atoms with van der Waals surface area (Å²) >= 11 is 0.